The van der Waals surface area contributed by atoms with Crippen LogP contribution in [0.5, 0.6) is 0 Å². The number of nitrogens with zero attached hydrogens (tertiary/aromatic N) is 1. The van der Waals surface area contributed by atoms with Gasteiger partial charge < -0.3 is 5.32 Å². The van der Waals surface area contributed by atoms with Gasteiger partial charge in [0.15, 0.2) is 0 Å². The molecule has 5 nitrogen and oxygen atoms in total. The molecule has 0 aliphatic rings. The van der Waals surface area contributed by atoms with Crippen molar-refractivity contribution in [1.29, 1.82) is 0 Å². The largest absolute Gasteiger partial charge is 0.348 e. The van der Waals surface area contributed by atoms with E-state index in [0.29, 0.717) is 20.6 Å². The monoisotopic (exact) mass is 588 g/mol. The Labute approximate surface area is 216 Å². The van der Waals surface area contributed by atoms with Crippen molar-refractivity contribution in [2.24, 2.45) is 0 Å². The maximum absolute atomic E-state index is 13.4. The summed E-state index contributed by atoms with van der Waals surface area (Å²) in [4.78, 5) is 12.9. The second kappa shape index (κ2) is 11.2. The fraction of sp³-hybridized carbons (Fsp3) is 0.174. The van der Waals surface area contributed by atoms with Crippen LogP contribution in [0.15, 0.2) is 76.1 Å². The maximum Gasteiger partial charge on any atom is 0.243 e. The van der Waals surface area contributed by atoms with Crippen molar-refractivity contribution in [3.63, 3.8) is 0 Å². The Morgan fingerprint density at radius 3 is 2.12 bits per heavy atom. The summed E-state index contributed by atoms with van der Waals surface area (Å²) in [7, 11) is -4.06. The minimum Gasteiger partial charge on any atom is -0.348 e. The third-order valence-corrected chi connectivity index (χ3v) is 8.21. The zero-order valence-corrected chi connectivity index (χ0v) is 22.1. The van der Waals surface area contributed by atoms with Crippen molar-refractivity contribution in [2.45, 2.75) is 24.4 Å². The van der Waals surface area contributed by atoms with Gasteiger partial charge in [-0.25, -0.2) is 8.42 Å². The van der Waals surface area contributed by atoms with Gasteiger partial charge in [-0.2, -0.15) is 4.31 Å². The number of hydrogen-bond donors (Lipinski definition) is 1. The topological polar surface area (TPSA) is 66.5 Å². The van der Waals surface area contributed by atoms with Crippen LogP contribution in [0.4, 0.5) is 0 Å². The lowest BCUT2D eigenvalue weighted by atomic mass is 10.1. The highest BCUT2D eigenvalue weighted by molar-refractivity contribution is 9.10. The smallest absolute Gasteiger partial charge is 0.243 e. The van der Waals surface area contributed by atoms with Crippen LogP contribution in [0.2, 0.25) is 15.1 Å². The molecule has 0 bridgehead atoms. The first-order chi connectivity index (χ1) is 15.6. The molecule has 3 rings (SSSR count). The van der Waals surface area contributed by atoms with Crippen molar-refractivity contribution < 1.29 is 13.2 Å². The maximum atomic E-state index is 13.4. The Bertz CT molecular complexity index is 1220. The van der Waals surface area contributed by atoms with E-state index in [9.17, 15) is 13.2 Å². The zero-order chi connectivity index (χ0) is 24.2. The standard InChI is InChI=1S/C23H20BrCl3N2O3S/c1-15(16-5-7-17(24)8-6-16)28-23(30)14-29(13-20-21(26)3-2-4-22(20)27)33(31,32)19-11-9-18(25)10-12-19/h2-12,15H,13-14H2,1H3,(H,28,30)/t15-/m0/s1. The fourth-order valence-electron chi connectivity index (χ4n) is 3.12. The van der Waals surface area contributed by atoms with Crippen LogP contribution in [0.3, 0.4) is 0 Å². The molecule has 1 amide bonds. The molecule has 0 heterocycles. The number of benzene rings is 3. The van der Waals surface area contributed by atoms with Crippen molar-refractivity contribution in [3.05, 3.63) is 97.4 Å². The molecular weight excluding hydrogens is 571 g/mol. The van der Waals surface area contributed by atoms with Gasteiger partial charge in [-0.15, -0.1) is 0 Å². The molecule has 0 aromatic heterocycles. The van der Waals surface area contributed by atoms with Crippen LogP contribution in [-0.2, 0) is 21.4 Å². The van der Waals surface area contributed by atoms with Crippen LogP contribution in [0, 0.1) is 0 Å². The number of carbonyl (C=O) groups excluding carboxylic acids is 1. The number of rotatable bonds is 8. The van der Waals surface area contributed by atoms with Crippen LogP contribution < -0.4 is 5.32 Å². The molecule has 0 saturated carbocycles. The van der Waals surface area contributed by atoms with Crippen molar-refractivity contribution in [2.75, 3.05) is 6.54 Å². The minimum absolute atomic E-state index is 0.00355. The van der Waals surface area contributed by atoms with Crippen molar-refractivity contribution in [3.8, 4) is 0 Å². The normalized spacial score (nSPS) is 12.5. The summed E-state index contributed by atoms with van der Waals surface area (Å²) in [5.74, 6) is -0.467. The molecule has 0 spiro atoms. The van der Waals surface area contributed by atoms with Gasteiger partial charge in [0.25, 0.3) is 0 Å². The molecule has 0 fully saturated rings. The summed E-state index contributed by atoms with van der Waals surface area (Å²) in [5.41, 5.74) is 1.29. The summed E-state index contributed by atoms with van der Waals surface area (Å²) in [6, 6.07) is 17.8. The van der Waals surface area contributed by atoms with E-state index < -0.39 is 22.5 Å². The van der Waals surface area contributed by atoms with Crippen LogP contribution in [0.25, 0.3) is 0 Å². The van der Waals surface area contributed by atoms with Gasteiger partial charge in [0.05, 0.1) is 17.5 Å². The molecule has 0 saturated heterocycles. The van der Waals surface area contributed by atoms with Gasteiger partial charge in [0.2, 0.25) is 15.9 Å². The average molecular weight is 591 g/mol. The Hall–Kier alpha value is -1.61. The molecule has 3 aromatic carbocycles. The van der Waals surface area contributed by atoms with E-state index in [4.69, 9.17) is 34.8 Å². The first-order valence-corrected chi connectivity index (χ1v) is 13.2. The van der Waals surface area contributed by atoms with Crippen molar-refractivity contribution >= 4 is 66.7 Å². The number of amides is 1. The lowest BCUT2D eigenvalue weighted by molar-refractivity contribution is -0.122. The van der Waals surface area contributed by atoms with Crippen LogP contribution in [0.1, 0.15) is 24.1 Å². The average Bonchev–Trinajstić information content (AvgIpc) is 2.76. The number of nitrogens with one attached hydrogen (secondary N) is 1. The van der Waals surface area contributed by atoms with E-state index in [-0.39, 0.29) is 17.5 Å². The Morgan fingerprint density at radius 1 is 0.970 bits per heavy atom. The zero-order valence-electron chi connectivity index (χ0n) is 17.4. The SMILES string of the molecule is C[C@H](NC(=O)CN(Cc1c(Cl)cccc1Cl)S(=O)(=O)c1ccc(Cl)cc1)c1ccc(Br)cc1. The van der Waals surface area contributed by atoms with E-state index in [1.54, 1.807) is 18.2 Å². The molecule has 1 N–H and O–H groups in total. The first-order valence-electron chi connectivity index (χ1n) is 9.81. The van der Waals surface area contributed by atoms with E-state index >= 15 is 0 Å². The third kappa shape index (κ3) is 6.72. The van der Waals surface area contributed by atoms with E-state index in [2.05, 4.69) is 21.2 Å². The van der Waals surface area contributed by atoms with Gasteiger partial charge in [0, 0.05) is 31.6 Å². The Kier molecular flexibility index (Phi) is 8.83. The molecule has 1 atom stereocenters. The number of sulfonamides is 1. The molecule has 0 aliphatic carbocycles. The molecule has 0 aliphatic heterocycles. The predicted octanol–water partition coefficient (Wildman–Crippen LogP) is 6.48. The van der Waals surface area contributed by atoms with E-state index in [0.717, 1.165) is 14.3 Å². The molecular formula is C23H20BrCl3N2O3S. The van der Waals surface area contributed by atoms with Gasteiger partial charge in [-0.1, -0.05) is 68.9 Å². The fourth-order valence-corrected chi connectivity index (χ4v) is 5.40. The van der Waals surface area contributed by atoms with Gasteiger partial charge in [-0.05, 0) is 61.0 Å². The summed E-state index contributed by atoms with van der Waals surface area (Å²) in [6.45, 7) is 1.22. The van der Waals surface area contributed by atoms with Gasteiger partial charge in [-0.3, -0.25) is 4.79 Å². The quantitative estimate of drug-likeness (QED) is 0.327. The summed E-state index contributed by atoms with van der Waals surface area (Å²) in [6.07, 6.45) is 0. The molecule has 0 radical (unpaired) electrons. The molecule has 33 heavy (non-hydrogen) atoms. The minimum atomic E-state index is -4.06. The first kappa shape index (κ1) is 26.0. The second-order valence-electron chi connectivity index (χ2n) is 7.27. The highest BCUT2D eigenvalue weighted by Gasteiger charge is 2.28. The molecule has 174 valence electrons. The van der Waals surface area contributed by atoms with Crippen LogP contribution in [-0.4, -0.2) is 25.2 Å². The molecule has 0 unspecified atom stereocenters. The highest BCUT2D eigenvalue weighted by Crippen LogP contribution is 2.28. The van der Waals surface area contributed by atoms with Gasteiger partial charge in [0.1, 0.15) is 0 Å². The van der Waals surface area contributed by atoms with Crippen molar-refractivity contribution in [1.82, 2.24) is 9.62 Å². The number of halogens is 4. The highest BCUT2D eigenvalue weighted by atomic mass is 79.9. The van der Waals surface area contributed by atoms with E-state index in [1.807, 2.05) is 31.2 Å². The summed E-state index contributed by atoms with van der Waals surface area (Å²) in [5, 5.41) is 3.86. The Balaban J connectivity index is 1.88. The lowest BCUT2D eigenvalue weighted by Crippen LogP contribution is -2.41. The number of carbonyl (C=O) groups is 1. The second-order valence-corrected chi connectivity index (χ2v) is 11.4. The molecule has 3 aromatic rings. The summed E-state index contributed by atoms with van der Waals surface area (Å²) < 4.78 is 28.8. The number of hydrogen-bond acceptors (Lipinski definition) is 3. The molecule has 10 heteroatoms. The van der Waals surface area contributed by atoms with E-state index in [1.165, 1.54) is 24.3 Å². The lowest BCUT2D eigenvalue weighted by Gasteiger charge is -2.24. The Morgan fingerprint density at radius 2 is 1.55 bits per heavy atom. The predicted molar refractivity (Wildman–Crippen MR) is 136 cm³/mol. The van der Waals surface area contributed by atoms with Crippen LogP contribution >= 0.6 is 50.7 Å². The van der Waals surface area contributed by atoms with Gasteiger partial charge >= 0.3 is 0 Å². The summed E-state index contributed by atoms with van der Waals surface area (Å²) >= 11 is 21.8. The third-order valence-electron chi connectivity index (χ3n) is 4.92.